The van der Waals surface area contributed by atoms with Gasteiger partial charge in [-0.05, 0) is 12.1 Å². The highest BCUT2D eigenvalue weighted by atomic mass is 14.9. The number of rotatable bonds is 8. The molecule has 3 aromatic rings. The first-order chi connectivity index (χ1) is 11.8. The van der Waals surface area contributed by atoms with E-state index in [9.17, 15) is 0 Å². The van der Waals surface area contributed by atoms with Crippen molar-refractivity contribution in [2.24, 2.45) is 11.5 Å². The molecule has 0 aliphatic rings. The fraction of sp³-hybridized carbons (Fsp3) is 0.333. The zero-order chi connectivity index (χ0) is 16.8. The SMILES string of the molecule is NCCNCc1ccc2ccc3ccc(CNCCN)nc3c2n1. The number of pyridine rings is 2. The van der Waals surface area contributed by atoms with E-state index in [1.54, 1.807) is 0 Å². The van der Waals surface area contributed by atoms with Crippen molar-refractivity contribution in [3.05, 3.63) is 47.8 Å². The lowest BCUT2D eigenvalue weighted by Crippen LogP contribution is -2.22. The van der Waals surface area contributed by atoms with Crippen LogP contribution in [0.4, 0.5) is 0 Å². The summed E-state index contributed by atoms with van der Waals surface area (Å²) in [5.74, 6) is 0. The Hall–Kier alpha value is -2.12. The molecule has 2 aromatic heterocycles. The molecule has 24 heavy (non-hydrogen) atoms. The van der Waals surface area contributed by atoms with E-state index in [2.05, 4.69) is 34.9 Å². The van der Waals surface area contributed by atoms with Crippen molar-refractivity contribution in [3.63, 3.8) is 0 Å². The largest absolute Gasteiger partial charge is 0.329 e. The molecule has 0 bridgehead atoms. The predicted octanol–water partition coefficient (Wildman–Crippen LogP) is 0.880. The van der Waals surface area contributed by atoms with Gasteiger partial charge in [-0.1, -0.05) is 24.3 Å². The highest BCUT2D eigenvalue weighted by Gasteiger charge is 2.06. The average molecular weight is 324 g/mol. The second-order valence-electron chi connectivity index (χ2n) is 5.75. The summed E-state index contributed by atoms with van der Waals surface area (Å²) in [7, 11) is 0. The Labute approximate surface area is 141 Å². The van der Waals surface area contributed by atoms with E-state index in [4.69, 9.17) is 21.4 Å². The fourth-order valence-corrected chi connectivity index (χ4v) is 2.68. The van der Waals surface area contributed by atoms with Crippen molar-refractivity contribution < 1.29 is 0 Å². The van der Waals surface area contributed by atoms with Crippen LogP contribution in [0.3, 0.4) is 0 Å². The van der Waals surface area contributed by atoms with Gasteiger partial charge < -0.3 is 22.1 Å². The van der Waals surface area contributed by atoms with Gasteiger partial charge >= 0.3 is 0 Å². The maximum Gasteiger partial charge on any atom is 0.0968 e. The third-order valence-electron chi connectivity index (χ3n) is 3.89. The number of aromatic nitrogens is 2. The number of benzene rings is 1. The van der Waals surface area contributed by atoms with Gasteiger partial charge in [0.15, 0.2) is 0 Å². The van der Waals surface area contributed by atoms with Gasteiger partial charge in [0.2, 0.25) is 0 Å². The molecule has 6 N–H and O–H groups in total. The van der Waals surface area contributed by atoms with Crippen LogP contribution in [0.25, 0.3) is 21.8 Å². The number of nitrogens with two attached hydrogens (primary N) is 2. The van der Waals surface area contributed by atoms with Gasteiger partial charge in [-0.3, -0.25) is 0 Å². The van der Waals surface area contributed by atoms with Crippen LogP contribution in [-0.4, -0.2) is 36.1 Å². The minimum Gasteiger partial charge on any atom is -0.329 e. The molecule has 0 atom stereocenters. The smallest absolute Gasteiger partial charge is 0.0968 e. The first-order valence-electron chi connectivity index (χ1n) is 8.31. The predicted molar refractivity (Wildman–Crippen MR) is 98.6 cm³/mol. The van der Waals surface area contributed by atoms with E-state index < -0.39 is 0 Å². The zero-order valence-corrected chi connectivity index (χ0v) is 13.8. The Bertz CT molecular complexity index is 748. The lowest BCUT2D eigenvalue weighted by atomic mass is 10.1. The molecule has 126 valence electrons. The van der Waals surface area contributed by atoms with Gasteiger partial charge in [0.25, 0.3) is 0 Å². The van der Waals surface area contributed by atoms with Gasteiger partial charge in [0.1, 0.15) is 0 Å². The van der Waals surface area contributed by atoms with Crippen molar-refractivity contribution in [1.29, 1.82) is 0 Å². The lowest BCUT2D eigenvalue weighted by Gasteiger charge is -2.08. The summed E-state index contributed by atoms with van der Waals surface area (Å²) in [5.41, 5.74) is 14.9. The second-order valence-corrected chi connectivity index (χ2v) is 5.75. The summed E-state index contributed by atoms with van der Waals surface area (Å²) in [6, 6.07) is 12.5. The van der Waals surface area contributed by atoms with Crippen LogP contribution in [-0.2, 0) is 13.1 Å². The molecule has 0 radical (unpaired) electrons. The Morgan fingerprint density at radius 3 is 1.50 bits per heavy atom. The molecule has 0 amide bonds. The van der Waals surface area contributed by atoms with E-state index in [1.165, 1.54) is 0 Å². The summed E-state index contributed by atoms with van der Waals surface area (Å²) < 4.78 is 0. The third-order valence-corrected chi connectivity index (χ3v) is 3.89. The quantitative estimate of drug-likeness (QED) is 0.362. The fourth-order valence-electron chi connectivity index (χ4n) is 2.68. The van der Waals surface area contributed by atoms with E-state index in [0.717, 1.165) is 46.3 Å². The molecule has 0 fully saturated rings. The van der Waals surface area contributed by atoms with Crippen LogP contribution in [0, 0.1) is 0 Å². The maximum absolute atomic E-state index is 5.52. The molecule has 0 aliphatic carbocycles. The second kappa shape index (κ2) is 8.12. The van der Waals surface area contributed by atoms with Gasteiger partial charge in [0, 0.05) is 50.0 Å². The number of hydrogen-bond acceptors (Lipinski definition) is 6. The van der Waals surface area contributed by atoms with Crippen LogP contribution in [0.1, 0.15) is 11.4 Å². The monoisotopic (exact) mass is 324 g/mol. The number of hydrogen-bond donors (Lipinski definition) is 4. The highest BCUT2D eigenvalue weighted by Crippen LogP contribution is 2.23. The molecule has 6 nitrogen and oxygen atoms in total. The van der Waals surface area contributed by atoms with Gasteiger partial charge in [-0.25, -0.2) is 9.97 Å². The van der Waals surface area contributed by atoms with E-state index in [-0.39, 0.29) is 0 Å². The van der Waals surface area contributed by atoms with E-state index in [0.29, 0.717) is 26.2 Å². The standard InChI is InChI=1S/C18H24N6/c19-7-9-21-11-15-5-3-13-1-2-14-4-6-16(12-22-10-8-20)24-18(14)17(13)23-15/h1-6,21-22H,7-12,19-20H2. The molecule has 3 rings (SSSR count). The van der Waals surface area contributed by atoms with Crippen molar-refractivity contribution in [2.75, 3.05) is 26.2 Å². The van der Waals surface area contributed by atoms with Crippen molar-refractivity contribution in [2.45, 2.75) is 13.1 Å². The Balaban J connectivity index is 1.95. The maximum atomic E-state index is 5.52. The molecule has 0 spiro atoms. The van der Waals surface area contributed by atoms with Gasteiger partial charge in [-0.2, -0.15) is 0 Å². The number of fused-ring (bicyclic) bond motifs is 3. The summed E-state index contributed by atoms with van der Waals surface area (Å²) >= 11 is 0. The van der Waals surface area contributed by atoms with E-state index >= 15 is 0 Å². The minimum absolute atomic E-state index is 0.622. The van der Waals surface area contributed by atoms with Gasteiger partial charge in [-0.15, -0.1) is 0 Å². The molecule has 2 heterocycles. The van der Waals surface area contributed by atoms with Crippen LogP contribution < -0.4 is 22.1 Å². The van der Waals surface area contributed by atoms with Crippen LogP contribution in [0.15, 0.2) is 36.4 Å². The summed E-state index contributed by atoms with van der Waals surface area (Å²) in [6.45, 7) is 4.23. The molecule has 0 aliphatic heterocycles. The number of nitrogens with zero attached hydrogens (tertiary/aromatic N) is 2. The van der Waals surface area contributed by atoms with Crippen LogP contribution >= 0.6 is 0 Å². The molecule has 6 heteroatoms. The van der Waals surface area contributed by atoms with Gasteiger partial charge in [0.05, 0.1) is 22.4 Å². The highest BCUT2D eigenvalue weighted by molar-refractivity contribution is 6.02. The lowest BCUT2D eigenvalue weighted by molar-refractivity contribution is 0.683. The molecule has 1 aromatic carbocycles. The zero-order valence-electron chi connectivity index (χ0n) is 13.8. The van der Waals surface area contributed by atoms with E-state index in [1.807, 2.05) is 12.1 Å². The molecular weight excluding hydrogens is 300 g/mol. The molecule has 0 saturated heterocycles. The molecule has 0 saturated carbocycles. The topological polar surface area (TPSA) is 102 Å². The first kappa shape index (κ1) is 16.7. The summed E-state index contributed by atoms with van der Waals surface area (Å²) in [4.78, 5) is 9.61. The van der Waals surface area contributed by atoms with Crippen LogP contribution in [0.5, 0.6) is 0 Å². The molecule has 0 unspecified atom stereocenters. The summed E-state index contributed by atoms with van der Waals surface area (Å²) in [5, 5.41) is 8.76. The van der Waals surface area contributed by atoms with Crippen molar-refractivity contribution in [3.8, 4) is 0 Å². The minimum atomic E-state index is 0.622. The first-order valence-corrected chi connectivity index (χ1v) is 8.31. The summed E-state index contributed by atoms with van der Waals surface area (Å²) in [6.07, 6.45) is 0. The number of nitrogens with one attached hydrogen (secondary N) is 2. The Kier molecular flexibility index (Phi) is 5.66. The Morgan fingerprint density at radius 1 is 0.667 bits per heavy atom. The van der Waals surface area contributed by atoms with Crippen LogP contribution in [0.2, 0.25) is 0 Å². The average Bonchev–Trinajstić information content (AvgIpc) is 2.62. The van der Waals surface area contributed by atoms with Crippen molar-refractivity contribution >= 4 is 21.8 Å². The Morgan fingerprint density at radius 2 is 1.08 bits per heavy atom. The normalized spacial score (nSPS) is 11.4. The third kappa shape index (κ3) is 3.85. The molecular formula is C18H24N6. The van der Waals surface area contributed by atoms with Crippen molar-refractivity contribution in [1.82, 2.24) is 20.6 Å².